The highest BCUT2D eigenvalue weighted by atomic mass is 35.5. The highest BCUT2D eigenvalue weighted by molar-refractivity contribution is 7.99. The summed E-state index contributed by atoms with van der Waals surface area (Å²) < 4.78 is 0. The van der Waals surface area contributed by atoms with E-state index in [0.717, 1.165) is 4.90 Å². The Labute approximate surface area is 136 Å². The van der Waals surface area contributed by atoms with E-state index in [1.165, 1.54) is 18.2 Å². The van der Waals surface area contributed by atoms with Crippen LogP contribution in [0.15, 0.2) is 53.4 Å². The molecule has 1 N–H and O–H groups in total. The Kier molecular flexibility index (Phi) is 5.80. The molecule has 5 nitrogen and oxygen atoms in total. The van der Waals surface area contributed by atoms with Gasteiger partial charge < -0.3 is 5.32 Å². The number of thioether (sulfide) groups is 1. The van der Waals surface area contributed by atoms with Crippen LogP contribution in [0.4, 0.5) is 5.69 Å². The monoisotopic (exact) mass is 336 g/mol. The third-order valence-corrected chi connectivity index (χ3v) is 4.05. The van der Waals surface area contributed by atoms with Crippen LogP contribution in [0.3, 0.4) is 0 Å². The van der Waals surface area contributed by atoms with Crippen molar-refractivity contribution < 1.29 is 9.72 Å². The second-order valence-corrected chi connectivity index (χ2v) is 5.94. The number of benzene rings is 2. The molecular formula is C15H13ClN2O3S. The van der Waals surface area contributed by atoms with Crippen LogP contribution in [-0.4, -0.2) is 23.1 Å². The number of halogens is 1. The fourth-order valence-corrected chi connectivity index (χ4v) is 2.75. The number of rotatable bonds is 6. The molecule has 22 heavy (non-hydrogen) atoms. The molecule has 0 aromatic heterocycles. The number of hydrogen-bond donors (Lipinski definition) is 1. The van der Waals surface area contributed by atoms with E-state index in [-0.39, 0.29) is 16.3 Å². The van der Waals surface area contributed by atoms with Crippen LogP contribution in [-0.2, 0) is 0 Å². The molecule has 7 heteroatoms. The van der Waals surface area contributed by atoms with Crippen LogP contribution < -0.4 is 5.32 Å². The molecular weight excluding hydrogens is 324 g/mol. The van der Waals surface area contributed by atoms with E-state index in [2.05, 4.69) is 5.32 Å². The molecule has 2 rings (SSSR count). The van der Waals surface area contributed by atoms with Gasteiger partial charge in [0.1, 0.15) is 5.56 Å². The largest absolute Gasteiger partial charge is 0.351 e. The van der Waals surface area contributed by atoms with Crippen molar-refractivity contribution in [1.29, 1.82) is 0 Å². The summed E-state index contributed by atoms with van der Waals surface area (Å²) in [5.74, 6) is 0.203. The summed E-state index contributed by atoms with van der Waals surface area (Å²) in [5.41, 5.74) is -0.278. The zero-order valence-corrected chi connectivity index (χ0v) is 13.1. The highest BCUT2D eigenvalue weighted by Gasteiger charge is 2.20. The number of hydrogen-bond acceptors (Lipinski definition) is 4. The molecule has 0 unspecified atom stereocenters. The third-order valence-electron chi connectivity index (χ3n) is 2.80. The fourth-order valence-electron chi connectivity index (χ4n) is 1.79. The summed E-state index contributed by atoms with van der Waals surface area (Å²) in [5, 5.41) is 13.9. The van der Waals surface area contributed by atoms with Crippen molar-refractivity contribution in [3.05, 3.63) is 69.2 Å². The van der Waals surface area contributed by atoms with Crippen LogP contribution in [0.2, 0.25) is 5.02 Å². The molecule has 2 aromatic carbocycles. The fraction of sp³-hybridized carbons (Fsp3) is 0.133. The quantitative estimate of drug-likeness (QED) is 0.377. The molecule has 0 atom stereocenters. The molecule has 0 saturated heterocycles. The second-order valence-electron chi connectivity index (χ2n) is 4.34. The third kappa shape index (κ3) is 4.47. The minimum absolute atomic E-state index is 0.0131. The van der Waals surface area contributed by atoms with Crippen LogP contribution >= 0.6 is 23.4 Å². The highest BCUT2D eigenvalue weighted by Crippen LogP contribution is 2.23. The van der Waals surface area contributed by atoms with E-state index < -0.39 is 10.8 Å². The van der Waals surface area contributed by atoms with Crippen molar-refractivity contribution in [2.45, 2.75) is 4.90 Å². The van der Waals surface area contributed by atoms with Crippen molar-refractivity contribution in [2.24, 2.45) is 0 Å². The lowest BCUT2D eigenvalue weighted by Crippen LogP contribution is -2.26. The number of amides is 1. The average molecular weight is 337 g/mol. The molecule has 2 aromatic rings. The van der Waals surface area contributed by atoms with Crippen LogP contribution in [0, 0.1) is 10.1 Å². The Bertz CT molecular complexity index is 680. The van der Waals surface area contributed by atoms with Crippen molar-refractivity contribution in [3.63, 3.8) is 0 Å². The molecule has 0 saturated carbocycles. The standard InChI is InChI=1S/C15H13ClN2O3S/c16-11-6-7-13(14(10-11)18(20)21)15(19)17-8-9-22-12-4-2-1-3-5-12/h1-7,10H,8-9H2,(H,17,19). The lowest BCUT2D eigenvalue weighted by Gasteiger charge is -2.06. The van der Waals surface area contributed by atoms with Crippen molar-refractivity contribution in [2.75, 3.05) is 12.3 Å². The van der Waals surface area contributed by atoms with Crippen LogP contribution in [0.1, 0.15) is 10.4 Å². The Hall–Kier alpha value is -2.05. The summed E-state index contributed by atoms with van der Waals surface area (Å²) in [6.45, 7) is 0.415. The zero-order chi connectivity index (χ0) is 15.9. The van der Waals surface area contributed by atoms with Crippen LogP contribution in [0.25, 0.3) is 0 Å². The number of nitrogens with zero attached hydrogens (tertiary/aromatic N) is 1. The lowest BCUT2D eigenvalue weighted by atomic mass is 10.1. The predicted octanol–water partition coefficient (Wildman–Crippen LogP) is 3.77. The Morgan fingerprint density at radius 3 is 2.64 bits per heavy atom. The molecule has 0 fully saturated rings. The van der Waals surface area contributed by atoms with Gasteiger partial charge in [-0.15, -0.1) is 11.8 Å². The van der Waals surface area contributed by atoms with E-state index in [1.807, 2.05) is 30.3 Å². The zero-order valence-electron chi connectivity index (χ0n) is 11.5. The van der Waals surface area contributed by atoms with Gasteiger partial charge in [0.2, 0.25) is 0 Å². The Balaban J connectivity index is 1.91. The summed E-state index contributed by atoms with van der Waals surface area (Å²) in [4.78, 5) is 23.5. The van der Waals surface area contributed by atoms with Gasteiger partial charge in [0.25, 0.3) is 11.6 Å². The van der Waals surface area contributed by atoms with E-state index in [1.54, 1.807) is 11.8 Å². The molecule has 0 heterocycles. The van der Waals surface area contributed by atoms with Gasteiger partial charge in [-0.2, -0.15) is 0 Å². The normalized spacial score (nSPS) is 10.2. The van der Waals surface area contributed by atoms with Crippen molar-refractivity contribution in [1.82, 2.24) is 5.32 Å². The molecule has 0 bridgehead atoms. The average Bonchev–Trinajstić information content (AvgIpc) is 2.52. The van der Waals surface area contributed by atoms with E-state index in [9.17, 15) is 14.9 Å². The van der Waals surface area contributed by atoms with Gasteiger partial charge in [-0.3, -0.25) is 14.9 Å². The molecule has 0 aliphatic carbocycles. The second kappa shape index (κ2) is 7.82. The summed E-state index contributed by atoms with van der Waals surface area (Å²) in [6, 6.07) is 13.8. The summed E-state index contributed by atoms with van der Waals surface area (Å²) in [7, 11) is 0. The minimum Gasteiger partial charge on any atom is -0.351 e. The lowest BCUT2D eigenvalue weighted by molar-refractivity contribution is -0.385. The van der Waals surface area contributed by atoms with E-state index >= 15 is 0 Å². The smallest absolute Gasteiger partial charge is 0.283 e. The van der Waals surface area contributed by atoms with Gasteiger partial charge >= 0.3 is 0 Å². The topological polar surface area (TPSA) is 72.2 Å². The molecule has 0 aliphatic heterocycles. The molecule has 0 radical (unpaired) electrons. The minimum atomic E-state index is -0.612. The Morgan fingerprint density at radius 1 is 1.23 bits per heavy atom. The first kappa shape index (κ1) is 16.3. The van der Waals surface area contributed by atoms with E-state index in [0.29, 0.717) is 12.3 Å². The van der Waals surface area contributed by atoms with Gasteiger partial charge in [0.05, 0.1) is 4.92 Å². The maximum Gasteiger partial charge on any atom is 0.283 e. The number of nitrogens with one attached hydrogen (secondary N) is 1. The number of carbonyl (C=O) groups is 1. The van der Waals surface area contributed by atoms with Crippen molar-refractivity contribution >= 4 is 35.0 Å². The van der Waals surface area contributed by atoms with E-state index in [4.69, 9.17) is 11.6 Å². The molecule has 1 amide bonds. The SMILES string of the molecule is O=C(NCCSc1ccccc1)c1ccc(Cl)cc1[N+](=O)[O-]. The molecule has 0 aliphatic rings. The number of nitro groups is 1. The summed E-state index contributed by atoms with van der Waals surface area (Å²) >= 11 is 7.32. The van der Waals surface area contributed by atoms with Gasteiger partial charge in [0, 0.05) is 28.3 Å². The maximum atomic E-state index is 12.0. The number of nitro benzene ring substituents is 1. The maximum absolute atomic E-state index is 12.0. The first-order valence-corrected chi connectivity index (χ1v) is 7.84. The molecule has 0 spiro atoms. The van der Waals surface area contributed by atoms with Crippen molar-refractivity contribution in [3.8, 4) is 0 Å². The van der Waals surface area contributed by atoms with Gasteiger partial charge in [0.15, 0.2) is 0 Å². The molecule has 114 valence electrons. The van der Waals surface area contributed by atoms with Gasteiger partial charge in [-0.05, 0) is 24.3 Å². The summed E-state index contributed by atoms with van der Waals surface area (Å²) in [6.07, 6.45) is 0. The van der Waals surface area contributed by atoms with Crippen LogP contribution in [0.5, 0.6) is 0 Å². The Morgan fingerprint density at radius 2 is 1.95 bits per heavy atom. The van der Waals surface area contributed by atoms with Gasteiger partial charge in [-0.1, -0.05) is 29.8 Å². The first-order valence-electron chi connectivity index (χ1n) is 6.48. The number of carbonyl (C=O) groups excluding carboxylic acids is 1. The van der Waals surface area contributed by atoms with Gasteiger partial charge in [-0.25, -0.2) is 0 Å². The first-order chi connectivity index (χ1) is 10.6. The predicted molar refractivity (Wildman–Crippen MR) is 87.6 cm³/mol.